The predicted molar refractivity (Wildman–Crippen MR) is 48.8 cm³/mol. The Morgan fingerprint density at radius 3 is 2.36 bits per heavy atom. The van der Waals surface area contributed by atoms with E-state index in [1.807, 2.05) is 6.92 Å². The molecule has 0 radical (unpaired) electrons. The predicted octanol–water partition coefficient (Wildman–Crippen LogP) is 1.66. The Labute approximate surface area is 70.3 Å². The fraction of sp³-hybridized carbons (Fsp3) is 1.00. The molecule has 0 bridgehead atoms. The zero-order valence-electron chi connectivity index (χ0n) is 8.18. The van der Waals surface area contributed by atoms with Crippen molar-refractivity contribution in [1.29, 1.82) is 0 Å². The second-order valence-corrected chi connectivity index (χ2v) is 3.18. The molecule has 0 aliphatic rings. The Balaban J connectivity index is 3.10. The van der Waals surface area contributed by atoms with Gasteiger partial charge in [0, 0.05) is 19.2 Å². The topological polar surface area (TPSA) is 21.3 Å². The van der Waals surface area contributed by atoms with Crippen molar-refractivity contribution in [1.82, 2.24) is 5.32 Å². The highest BCUT2D eigenvalue weighted by molar-refractivity contribution is 4.63. The Morgan fingerprint density at radius 1 is 1.27 bits per heavy atom. The largest absolute Gasteiger partial charge is 0.380 e. The van der Waals surface area contributed by atoms with Crippen LogP contribution in [0.5, 0.6) is 0 Å². The molecule has 2 heteroatoms. The zero-order chi connectivity index (χ0) is 8.69. The van der Waals surface area contributed by atoms with E-state index in [0.29, 0.717) is 12.0 Å². The van der Waals surface area contributed by atoms with Gasteiger partial charge in [0.05, 0.1) is 6.61 Å². The Bertz CT molecular complexity index is 83.6. The molecule has 1 N–H and O–H groups in total. The molecule has 0 heterocycles. The average molecular weight is 159 g/mol. The molecule has 2 nitrogen and oxygen atoms in total. The van der Waals surface area contributed by atoms with Crippen molar-refractivity contribution < 1.29 is 4.74 Å². The van der Waals surface area contributed by atoms with Crippen LogP contribution in [0.1, 0.15) is 27.7 Å². The summed E-state index contributed by atoms with van der Waals surface area (Å²) in [4.78, 5) is 0. The normalized spacial score (nSPS) is 13.9. The van der Waals surface area contributed by atoms with Gasteiger partial charge in [-0.1, -0.05) is 13.8 Å². The maximum atomic E-state index is 5.20. The molecule has 0 amide bonds. The molecule has 0 aromatic heterocycles. The van der Waals surface area contributed by atoms with E-state index in [0.717, 1.165) is 19.8 Å². The minimum Gasteiger partial charge on any atom is -0.380 e. The van der Waals surface area contributed by atoms with E-state index in [1.54, 1.807) is 0 Å². The first-order valence-corrected chi connectivity index (χ1v) is 4.49. The molecule has 0 aliphatic carbocycles. The average Bonchev–Trinajstić information content (AvgIpc) is 1.97. The van der Waals surface area contributed by atoms with Crippen LogP contribution in [0.25, 0.3) is 0 Å². The van der Waals surface area contributed by atoms with E-state index < -0.39 is 0 Å². The van der Waals surface area contributed by atoms with Gasteiger partial charge in [0.15, 0.2) is 0 Å². The minimum atomic E-state index is 0.593. The van der Waals surface area contributed by atoms with Gasteiger partial charge in [-0.2, -0.15) is 0 Å². The van der Waals surface area contributed by atoms with Gasteiger partial charge in [-0.3, -0.25) is 0 Å². The van der Waals surface area contributed by atoms with Gasteiger partial charge in [-0.25, -0.2) is 0 Å². The lowest BCUT2D eigenvalue weighted by Crippen LogP contribution is -2.33. The van der Waals surface area contributed by atoms with Crippen molar-refractivity contribution in [3.8, 4) is 0 Å². The van der Waals surface area contributed by atoms with E-state index in [2.05, 4.69) is 26.1 Å². The Morgan fingerprint density at radius 2 is 1.91 bits per heavy atom. The van der Waals surface area contributed by atoms with Crippen LogP contribution in [-0.2, 0) is 4.74 Å². The molecule has 0 aromatic rings. The zero-order valence-corrected chi connectivity index (χ0v) is 8.18. The molecule has 0 aliphatic heterocycles. The first kappa shape index (κ1) is 10.9. The van der Waals surface area contributed by atoms with E-state index in [1.165, 1.54) is 0 Å². The molecule has 0 aromatic carbocycles. The molecule has 1 unspecified atom stereocenters. The first-order valence-electron chi connectivity index (χ1n) is 4.49. The van der Waals surface area contributed by atoms with E-state index >= 15 is 0 Å². The van der Waals surface area contributed by atoms with Crippen LogP contribution >= 0.6 is 0 Å². The van der Waals surface area contributed by atoms with Gasteiger partial charge in [0.2, 0.25) is 0 Å². The summed E-state index contributed by atoms with van der Waals surface area (Å²) < 4.78 is 5.20. The van der Waals surface area contributed by atoms with Crippen molar-refractivity contribution in [2.24, 2.45) is 5.92 Å². The third-order valence-corrected chi connectivity index (χ3v) is 1.92. The van der Waals surface area contributed by atoms with Crippen LogP contribution in [0.2, 0.25) is 0 Å². The Kier molecular flexibility index (Phi) is 6.57. The molecular formula is C9H21NO. The van der Waals surface area contributed by atoms with Crippen LogP contribution in [0.15, 0.2) is 0 Å². The maximum absolute atomic E-state index is 5.20. The molecule has 0 saturated carbocycles. The van der Waals surface area contributed by atoms with Gasteiger partial charge in [0.25, 0.3) is 0 Å². The quantitative estimate of drug-likeness (QED) is 0.595. The van der Waals surface area contributed by atoms with Crippen molar-refractivity contribution in [2.45, 2.75) is 33.7 Å². The lowest BCUT2D eigenvalue weighted by atomic mass is 10.1. The highest BCUT2D eigenvalue weighted by Gasteiger charge is 2.03. The summed E-state index contributed by atoms with van der Waals surface area (Å²) in [5.74, 6) is 0.705. The number of hydrogen-bond acceptors (Lipinski definition) is 2. The molecule has 68 valence electrons. The molecule has 0 spiro atoms. The Hall–Kier alpha value is -0.0800. The number of rotatable bonds is 6. The fourth-order valence-corrected chi connectivity index (χ4v) is 0.739. The fourth-order valence-electron chi connectivity index (χ4n) is 0.739. The van der Waals surface area contributed by atoms with Gasteiger partial charge in [-0.15, -0.1) is 0 Å². The molecule has 1 atom stereocenters. The van der Waals surface area contributed by atoms with Crippen LogP contribution in [0.4, 0.5) is 0 Å². The van der Waals surface area contributed by atoms with E-state index in [-0.39, 0.29) is 0 Å². The standard InChI is InChI=1S/C9H21NO/c1-5-11-7-6-10-9(4)8(2)3/h8-10H,5-7H2,1-4H3. The smallest absolute Gasteiger partial charge is 0.0590 e. The second-order valence-electron chi connectivity index (χ2n) is 3.18. The van der Waals surface area contributed by atoms with Crippen molar-refractivity contribution >= 4 is 0 Å². The summed E-state index contributed by atoms with van der Waals surface area (Å²) in [6.07, 6.45) is 0. The highest BCUT2D eigenvalue weighted by Crippen LogP contribution is 1.98. The van der Waals surface area contributed by atoms with E-state index in [9.17, 15) is 0 Å². The molecule has 11 heavy (non-hydrogen) atoms. The van der Waals surface area contributed by atoms with E-state index in [4.69, 9.17) is 4.74 Å². The lowest BCUT2D eigenvalue weighted by molar-refractivity contribution is 0.145. The third-order valence-electron chi connectivity index (χ3n) is 1.92. The van der Waals surface area contributed by atoms with Gasteiger partial charge < -0.3 is 10.1 Å². The van der Waals surface area contributed by atoms with Crippen LogP contribution in [-0.4, -0.2) is 25.8 Å². The van der Waals surface area contributed by atoms with Crippen LogP contribution in [0.3, 0.4) is 0 Å². The summed E-state index contributed by atoms with van der Waals surface area (Å²) in [5, 5.41) is 3.39. The molecule has 0 fully saturated rings. The summed E-state index contributed by atoms with van der Waals surface area (Å²) in [5.41, 5.74) is 0. The first-order chi connectivity index (χ1) is 5.18. The SMILES string of the molecule is CCOCCNC(C)C(C)C. The number of nitrogens with one attached hydrogen (secondary N) is 1. The molecular weight excluding hydrogens is 138 g/mol. The lowest BCUT2D eigenvalue weighted by Gasteiger charge is -2.16. The van der Waals surface area contributed by atoms with Crippen molar-refractivity contribution in [3.05, 3.63) is 0 Å². The molecule has 0 rings (SSSR count). The second kappa shape index (κ2) is 6.62. The van der Waals surface area contributed by atoms with Gasteiger partial charge >= 0.3 is 0 Å². The number of ether oxygens (including phenoxy) is 1. The summed E-state index contributed by atoms with van der Waals surface area (Å²) in [7, 11) is 0. The minimum absolute atomic E-state index is 0.593. The van der Waals surface area contributed by atoms with Crippen molar-refractivity contribution in [3.63, 3.8) is 0 Å². The third kappa shape index (κ3) is 6.32. The highest BCUT2D eigenvalue weighted by atomic mass is 16.5. The van der Waals surface area contributed by atoms with Crippen molar-refractivity contribution in [2.75, 3.05) is 19.8 Å². The maximum Gasteiger partial charge on any atom is 0.0590 e. The number of hydrogen-bond donors (Lipinski definition) is 1. The summed E-state index contributed by atoms with van der Waals surface area (Å²) in [6, 6.07) is 0.593. The van der Waals surface area contributed by atoms with Gasteiger partial charge in [0.1, 0.15) is 0 Å². The van der Waals surface area contributed by atoms with Crippen LogP contribution < -0.4 is 5.32 Å². The summed E-state index contributed by atoms with van der Waals surface area (Å²) >= 11 is 0. The van der Waals surface area contributed by atoms with Gasteiger partial charge in [-0.05, 0) is 19.8 Å². The summed E-state index contributed by atoms with van der Waals surface area (Å²) in [6.45, 7) is 11.3. The monoisotopic (exact) mass is 159 g/mol. The molecule has 0 saturated heterocycles. The van der Waals surface area contributed by atoms with Crippen LogP contribution in [0, 0.1) is 5.92 Å².